The molecule has 34 heavy (non-hydrogen) atoms. The Kier molecular flexibility index (Phi) is 7.79. The first-order valence-corrected chi connectivity index (χ1v) is 11.9. The van der Waals surface area contributed by atoms with Crippen LogP contribution < -0.4 is 4.74 Å². The highest BCUT2D eigenvalue weighted by Crippen LogP contribution is 2.46. The zero-order chi connectivity index (χ0) is 26.2. The molecule has 1 amide bonds. The minimum absolute atomic E-state index is 0.130. The fourth-order valence-corrected chi connectivity index (χ4v) is 4.92. The number of esters is 1. The summed E-state index contributed by atoms with van der Waals surface area (Å²) in [6, 6.07) is 3.74. The van der Waals surface area contributed by atoms with Crippen LogP contribution in [0, 0.1) is 0 Å². The Morgan fingerprint density at radius 1 is 1.03 bits per heavy atom. The number of ether oxygens (including phenoxy) is 1. The summed E-state index contributed by atoms with van der Waals surface area (Å²) in [5.41, 5.74) is -1.52. The van der Waals surface area contributed by atoms with Crippen molar-refractivity contribution >= 4 is 35.6 Å². The van der Waals surface area contributed by atoms with Crippen LogP contribution in [0.3, 0.4) is 0 Å². The summed E-state index contributed by atoms with van der Waals surface area (Å²) in [5.74, 6) is -3.89. The van der Waals surface area contributed by atoms with Gasteiger partial charge in [0.05, 0.1) is 5.75 Å². The van der Waals surface area contributed by atoms with E-state index in [1.807, 2.05) is 53.7 Å². The van der Waals surface area contributed by atoms with Crippen LogP contribution in [0.4, 0.5) is 0 Å². The van der Waals surface area contributed by atoms with Gasteiger partial charge < -0.3 is 25.0 Å². The number of thioether (sulfide) groups is 1. The summed E-state index contributed by atoms with van der Waals surface area (Å²) in [4.78, 5) is 48.6. The molecule has 188 valence electrons. The first kappa shape index (κ1) is 27.7. The van der Waals surface area contributed by atoms with Crippen molar-refractivity contribution in [3.63, 3.8) is 0 Å². The van der Waals surface area contributed by atoms with Crippen molar-refractivity contribution in [3.8, 4) is 5.75 Å². The Labute approximate surface area is 203 Å². The normalized spacial score (nSPS) is 17.1. The van der Waals surface area contributed by atoms with Crippen molar-refractivity contribution in [2.75, 3.05) is 12.3 Å². The van der Waals surface area contributed by atoms with Crippen LogP contribution in [0.5, 0.6) is 5.75 Å². The highest BCUT2D eigenvalue weighted by atomic mass is 32.2. The van der Waals surface area contributed by atoms with Crippen molar-refractivity contribution in [2.45, 2.75) is 76.7 Å². The molecule has 1 unspecified atom stereocenters. The second-order valence-electron chi connectivity index (χ2n) is 10.5. The van der Waals surface area contributed by atoms with Gasteiger partial charge in [0.2, 0.25) is 5.91 Å². The molecule has 1 saturated heterocycles. The number of aliphatic carboxylic acids is 2. The van der Waals surface area contributed by atoms with Crippen LogP contribution in [0.1, 0.15) is 77.0 Å². The monoisotopic (exact) mass is 495 g/mol. The van der Waals surface area contributed by atoms with Crippen molar-refractivity contribution in [1.29, 1.82) is 0 Å². The Morgan fingerprint density at radius 2 is 1.50 bits per heavy atom. The summed E-state index contributed by atoms with van der Waals surface area (Å²) in [6.07, 6.45) is -0.662. The first-order chi connectivity index (χ1) is 15.4. The van der Waals surface area contributed by atoms with E-state index in [-0.39, 0.29) is 18.2 Å². The average molecular weight is 496 g/mol. The largest absolute Gasteiger partial charge is 0.479 e. The molecule has 9 nitrogen and oxygen atoms in total. The lowest BCUT2D eigenvalue weighted by Gasteiger charge is -2.32. The van der Waals surface area contributed by atoms with E-state index in [2.05, 4.69) is 0 Å². The Morgan fingerprint density at radius 3 is 1.88 bits per heavy atom. The minimum Gasteiger partial charge on any atom is -0.479 e. The zero-order valence-electron chi connectivity index (χ0n) is 20.6. The predicted octanol–water partition coefficient (Wildman–Crippen LogP) is 3.07. The molecule has 0 saturated carbocycles. The molecule has 1 aromatic rings. The maximum atomic E-state index is 12.6. The number of benzene rings is 1. The number of carboxylic acid groups (broad SMARTS) is 2. The standard InChI is InChI=1S/C24H33NO8S/c1-13(26)33-18-15(22(2,3)4)10-14(11-16(18)23(5,6)7)19-25(17(27)12-34-19)9-8-24(32,20(28)29)21(30)31/h10-11,19,32H,8-9,12H2,1-7H3,(H,28,29)(H,30,31). The van der Waals surface area contributed by atoms with Crippen LogP contribution in [-0.4, -0.2) is 61.9 Å². The topological polar surface area (TPSA) is 141 Å². The highest BCUT2D eigenvalue weighted by molar-refractivity contribution is 8.00. The average Bonchev–Trinajstić information content (AvgIpc) is 3.04. The summed E-state index contributed by atoms with van der Waals surface area (Å²) in [5, 5.41) is 28.0. The lowest BCUT2D eigenvalue weighted by Crippen LogP contribution is -2.49. The van der Waals surface area contributed by atoms with Gasteiger partial charge in [-0.2, -0.15) is 0 Å². The number of hydrogen-bond donors (Lipinski definition) is 3. The van der Waals surface area contributed by atoms with Crippen LogP contribution in [0.2, 0.25) is 0 Å². The van der Waals surface area contributed by atoms with Gasteiger partial charge >= 0.3 is 17.9 Å². The van der Waals surface area contributed by atoms with Gasteiger partial charge in [-0.25, -0.2) is 9.59 Å². The van der Waals surface area contributed by atoms with E-state index < -0.39 is 46.1 Å². The molecule has 1 heterocycles. The smallest absolute Gasteiger partial charge is 0.347 e. The van der Waals surface area contributed by atoms with E-state index in [9.17, 15) is 34.5 Å². The number of aliphatic hydroxyl groups is 1. The lowest BCUT2D eigenvalue weighted by molar-refractivity contribution is -0.177. The maximum Gasteiger partial charge on any atom is 0.347 e. The summed E-state index contributed by atoms with van der Waals surface area (Å²) in [7, 11) is 0. The van der Waals surface area contributed by atoms with E-state index in [0.717, 1.165) is 16.7 Å². The van der Waals surface area contributed by atoms with Gasteiger partial charge in [0.1, 0.15) is 11.1 Å². The molecule has 10 heteroatoms. The molecule has 0 aliphatic carbocycles. The molecule has 0 aromatic heterocycles. The number of rotatable bonds is 7. The molecule has 1 aromatic carbocycles. The molecular weight excluding hydrogens is 462 g/mol. The van der Waals surface area contributed by atoms with E-state index in [1.54, 1.807) is 0 Å². The number of carboxylic acids is 2. The fraction of sp³-hybridized carbons (Fsp3) is 0.583. The van der Waals surface area contributed by atoms with Crippen LogP contribution in [-0.2, 0) is 30.0 Å². The summed E-state index contributed by atoms with van der Waals surface area (Å²) >= 11 is 1.33. The lowest BCUT2D eigenvalue weighted by atomic mass is 9.78. The van der Waals surface area contributed by atoms with Crippen molar-refractivity contribution in [2.24, 2.45) is 0 Å². The van der Waals surface area contributed by atoms with Crippen LogP contribution in [0.25, 0.3) is 0 Å². The summed E-state index contributed by atoms with van der Waals surface area (Å²) < 4.78 is 5.65. The van der Waals surface area contributed by atoms with E-state index in [1.165, 1.54) is 23.6 Å². The Hall–Kier alpha value is -2.59. The van der Waals surface area contributed by atoms with Gasteiger partial charge in [0, 0.05) is 31.0 Å². The van der Waals surface area contributed by atoms with Gasteiger partial charge in [0.15, 0.2) is 0 Å². The Bertz CT molecular complexity index is 956. The van der Waals surface area contributed by atoms with E-state index >= 15 is 0 Å². The molecule has 2 rings (SSSR count). The molecule has 0 radical (unpaired) electrons. The SMILES string of the molecule is CC(=O)Oc1c(C(C)(C)C)cc(C2SCC(=O)N2CCC(O)(C(=O)O)C(=O)O)cc1C(C)(C)C. The molecule has 0 spiro atoms. The molecule has 0 bridgehead atoms. The van der Waals surface area contributed by atoms with Crippen LogP contribution in [0.15, 0.2) is 12.1 Å². The van der Waals surface area contributed by atoms with E-state index in [0.29, 0.717) is 5.75 Å². The highest BCUT2D eigenvalue weighted by Gasteiger charge is 2.46. The van der Waals surface area contributed by atoms with Gasteiger partial charge in [-0.1, -0.05) is 41.5 Å². The maximum absolute atomic E-state index is 12.6. The molecule has 3 N–H and O–H groups in total. The molecule has 1 fully saturated rings. The summed E-state index contributed by atoms with van der Waals surface area (Å²) in [6.45, 7) is 13.0. The number of amides is 1. The van der Waals surface area contributed by atoms with Gasteiger partial charge in [-0.3, -0.25) is 9.59 Å². The predicted molar refractivity (Wildman–Crippen MR) is 127 cm³/mol. The molecule has 1 atom stereocenters. The number of nitrogens with zero attached hydrogens (tertiary/aromatic N) is 1. The zero-order valence-corrected chi connectivity index (χ0v) is 21.4. The third-order valence-electron chi connectivity index (χ3n) is 5.65. The van der Waals surface area contributed by atoms with Gasteiger partial charge in [-0.05, 0) is 28.5 Å². The van der Waals surface area contributed by atoms with E-state index in [4.69, 9.17) is 4.74 Å². The Balaban J connectivity index is 2.60. The minimum atomic E-state index is -3.00. The second-order valence-corrected chi connectivity index (χ2v) is 11.6. The number of carbonyl (C=O) groups excluding carboxylic acids is 2. The molecular formula is C24H33NO8S. The van der Waals surface area contributed by atoms with Crippen molar-refractivity contribution in [3.05, 3.63) is 28.8 Å². The molecule has 1 aliphatic heterocycles. The third kappa shape index (κ3) is 5.72. The number of hydrogen-bond acceptors (Lipinski definition) is 7. The van der Waals surface area contributed by atoms with Crippen LogP contribution >= 0.6 is 11.8 Å². The quantitative estimate of drug-likeness (QED) is 0.295. The van der Waals surface area contributed by atoms with Crippen molar-refractivity contribution in [1.82, 2.24) is 4.90 Å². The first-order valence-electron chi connectivity index (χ1n) is 10.9. The van der Waals surface area contributed by atoms with Crippen molar-refractivity contribution < 1.29 is 39.2 Å². The number of carbonyl (C=O) groups is 4. The molecule has 1 aliphatic rings. The third-order valence-corrected chi connectivity index (χ3v) is 6.90. The second kappa shape index (κ2) is 9.58. The fourth-order valence-electron chi connectivity index (χ4n) is 3.72. The van der Waals surface area contributed by atoms with Gasteiger partial charge in [0.25, 0.3) is 5.60 Å². The van der Waals surface area contributed by atoms with Gasteiger partial charge in [-0.15, -0.1) is 11.8 Å².